The quantitative estimate of drug-likeness (QED) is 0.479. The Labute approximate surface area is 180 Å². The van der Waals surface area contributed by atoms with Crippen LogP contribution in [0.5, 0.6) is 0 Å². The van der Waals surface area contributed by atoms with E-state index in [9.17, 15) is 9.59 Å². The number of rotatable bonds is 6. The van der Waals surface area contributed by atoms with Crippen LogP contribution in [0.2, 0.25) is 0 Å². The maximum absolute atomic E-state index is 11.1. The Bertz CT molecular complexity index is 690. The van der Waals surface area contributed by atoms with E-state index in [0.29, 0.717) is 10.5 Å². The highest BCUT2D eigenvalue weighted by Crippen LogP contribution is 2.44. The molecule has 0 spiro atoms. The van der Waals surface area contributed by atoms with Gasteiger partial charge in [0.25, 0.3) is 0 Å². The van der Waals surface area contributed by atoms with Gasteiger partial charge in [-0.25, -0.2) is 4.72 Å². The highest BCUT2D eigenvalue weighted by molar-refractivity contribution is 7.97. The summed E-state index contributed by atoms with van der Waals surface area (Å²) >= 11 is 1.22. The van der Waals surface area contributed by atoms with E-state index in [1.165, 1.54) is 37.6 Å². The Morgan fingerprint density at radius 2 is 1.86 bits per heavy atom. The lowest BCUT2D eigenvalue weighted by Gasteiger charge is -2.46. The molecule has 162 valence electrons. The van der Waals surface area contributed by atoms with Crippen molar-refractivity contribution in [2.75, 3.05) is 7.05 Å². The zero-order valence-corrected chi connectivity index (χ0v) is 19.2. The Morgan fingerprint density at radius 3 is 2.48 bits per heavy atom. The van der Waals surface area contributed by atoms with Crippen LogP contribution in [-0.2, 0) is 4.79 Å². The molecule has 3 rings (SSSR count). The van der Waals surface area contributed by atoms with Gasteiger partial charge in [0, 0.05) is 10.9 Å². The van der Waals surface area contributed by atoms with Gasteiger partial charge < -0.3 is 15.8 Å². The molecule has 5 nitrogen and oxygen atoms in total. The van der Waals surface area contributed by atoms with E-state index in [4.69, 9.17) is 5.73 Å². The van der Waals surface area contributed by atoms with Crippen LogP contribution in [-0.4, -0.2) is 30.8 Å². The largest absolute Gasteiger partial charge is 0.366 e. The average molecular weight is 420 g/mol. The third kappa shape index (κ3) is 6.83. The lowest BCUT2D eigenvalue weighted by Crippen LogP contribution is -2.47. The SMILES string of the molecule is CC(C)(C=O)NSc1ccccc1C(N)=O.CNC1C(C)CC2CC(C)CC1C2. The molecule has 4 N–H and O–H groups in total. The Kier molecular flexibility index (Phi) is 8.73. The predicted molar refractivity (Wildman–Crippen MR) is 121 cm³/mol. The Hall–Kier alpha value is -1.37. The molecule has 0 aliphatic heterocycles. The number of hydrogen-bond donors (Lipinski definition) is 3. The average Bonchev–Trinajstić information content (AvgIpc) is 2.66. The molecule has 0 saturated heterocycles. The van der Waals surface area contributed by atoms with Crippen molar-refractivity contribution in [2.45, 2.75) is 69.9 Å². The molecule has 1 amide bonds. The summed E-state index contributed by atoms with van der Waals surface area (Å²) in [7, 11) is 2.14. The minimum Gasteiger partial charge on any atom is -0.366 e. The second-order valence-corrected chi connectivity index (χ2v) is 10.2. The zero-order valence-electron chi connectivity index (χ0n) is 18.4. The number of aldehydes is 1. The minimum atomic E-state index is -0.643. The highest BCUT2D eigenvalue weighted by atomic mass is 32.2. The summed E-state index contributed by atoms with van der Waals surface area (Å²) in [6.45, 7) is 8.36. The molecule has 2 bridgehead atoms. The van der Waals surface area contributed by atoms with Crippen molar-refractivity contribution >= 4 is 24.1 Å². The van der Waals surface area contributed by atoms with Crippen LogP contribution >= 0.6 is 11.9 Å². The van der Waals surface area contributed by atoms with Crippen LogP contribution in [0.1, 0.15) is 63.7 Å². The summed E-state index contributed by atoms with van der Waals surface area (Å²) in [5.41, 5.74) is 5.04. The molecule has 5 atom stereocenters. The summed E-state index contributed by atoms with van der Waals surface area (Å²) < 4.78 is 2.96. The van der Waals surface area contributed by atoms with E-state index in [1.807, 2.05) is 6.07 Å². The normalized spacial score (nSPS) is 28.8. The fourth-order valence-corrected chi connectivity index (χ4v) is 5.76. The number of benzene rings is 1. The fraction of sp³-hybridized carbons (Fsp3) is 0.652. The van der Waals surface area contributed by atoms with Crippen LogP contribution in [0.15, 0.2) is 29.2 Å². The zero-order chi connectivity index (χ0) is 21.6. The summed E-state index contributed by atoms with van der Waals surface area (Å²) in [4.78, 5) is 22.5. The topological polar surface area (TPSA) is 84.2 Å². The number of carbonyl (C=O) groups is 2. The number of hydrogen-bond acceptors (Lipinski definition) is 5. The van der Waals surface area contributed by atoms with E-state index in [2.05, 4.69) is 30.9 Å². The van der Waals surface area contributed by atoms with Gasteiger partial charge in [-0.1, -0.05) is 26.0 Å². The molecular formula is C23H37N3O2S. The smallest absolute Gasteiger partial charge is 0.249 e. The molecule has 1 aromatic carbocycles. The van der Waals surface area contributed by atoms with E-state index in [0.717, 1.165) is 36.0 Å². The second-order valence-electron chi connectivity index (χ2n) is 9.37. The first-order chi connectivity index (χ1) is 13.7. The summed E-state index contributed by atoms with van der Waals surface area (Å²) in [6.07, 6.45) is 6.74. The number of fused-ring (bicyclic) bond motifs is 2. The highest BCUT2D eigenvalue weighted by Gasteiger charge is 2.38. The first-order valence-corrected chi connectivity index (χ1v) is 11.4. The van der Waals surface area contributed by atoms with Gasteiger partial charge in [0.1, 0.15) is 6.29 Å². The molecule has 2 saturated carbocycles. The van der Waals surface area contributed by atoms with Gasteiger partial charge in [0.2, 0.25) is 5.91 Å². The van der Waals surface area contributed by atoms with Gasteiger partial charge in [0.05, 0.1) is 11.1 Å². The fourth-order valence-electron chi connectivity index (χ4n) is 4.92. The standard InChI is InChI=1S/C12H23N.C11H14N2O2S/c1-8-4-10-6-9(2)12(13-3)11(5-8)7-10;1-11(2,7-14)13-16-9-6-4-3-5-8(9)10(12)15/h8-13H,4-7H2,1-3H3;3-7,13H,1-2H3,(H2,12,15). The summed E-state index contributed by atoms with van der Waals surface area (Å²) in [5.74, 6) is 3.43. The van der Waals surface area contributed by atoms with E-state index in [1.54, 1.807) is 32.0 Å². The van der Waals surface area contributed by atoms with Gasteiger partial charge >= 0.3 is 0 Å². The number of amides is 1. The van der Waals surface area contributed by atoms with Gasteiger partial charge in [-0.3, -0.25) is 4.79 Å². The van der Waals surface area contributed by atoms with Crippen LogP contribution in [0, 0.1) is 23.7 Å². The van der Waals surface area contributed by atoms with Crippen molar-refractivity contribution in [2.24, 2.45) is 29.4 Å². The van der Waals surface area contributed by atoms with Crippen LogP contribution in [0.3, 0.4) is 0 Å². The molecule has 6 heteroatoms. The molecule has 0 heterocycles. The van der Waals surface area contributed by atoms with Crippen LogP contribution < -0.4 is 15.8 Å². The molecule has 1 aromatic rings. The number of primary amides is 1. The molecule has 2 fully saturated rings. The Morgan fingerprint density at radius 1 is 1.17 bits per heavy atom. The van der Waals surface area contributed by atoms with E-state index >= 15 is 0 Å². The van der Waals surface area contributed by atoms with Gasteiger partial charge in [-0.15, -0.1) is 0 Å². The third-order valence-corrected chi connectivity index (χ3v) is 7.31. The monoisotopic (exact) mass is 419 g/mol. The lowest BCUT2D eigenvalue weighted by molar-refractivity contribution is -0.111. The van der Waals surface area contributed by atoms with Gasteiger partial charge in [-0.05, 0) is 94.3 Å². The van der Waals surface area contributed by atoms with Crippen molar-refractivity contribution in [1.82, 2.24) is 10.0 Å². The van der Waals surface area contributed by atoms with Crippen molar-refractivity contribution in [3.8, 4) is 0 Å². The van der Waals surface area contributed by atoms with Gasteiger partial charge in [-0.2, -0.15) is 0 Å². The lowest BCUT2D eigenvalue weighted by atomic mass is 9.63. The number of nitrogens with two attached hydrogens (primary N) is 1. The van der Waals surface area contributed by atoms with Crippen molar-refractivity contribution in [1.29, 1.82) is 0 Å². The third-order valence-electron chi connectivity index (χ3n) is 6.11. The maximum Gasteiger partial charge on any atom is 0.249 e. The molecular weight excluding hydrogens is 382 g/mol. The minimum absolute atomic E-state index is 0.446. The van der Waals surface area contributed by atoms with E-state index < -0.39 is 11.4 Å². The Balaban J connectivity index is 0.000000211. The predicted octanol–water partition coefficient (Wildman–Crippen LogP) is 4.03. The maximum atomic E-state index is 11.1. The molecule has 0 radical (unpaired) electrons. The number of carbonyl (C=O) groups excluding carboxylic acids is 2. The molecule has 2 aliphatic rings. The van der Waals surface area contributed by atoms with Crippen molar-refractivity contribution < 1.29 is 9.59 Å². The van der Waals surface area contributed by atoms with Crippen LogP contribution in [0.4, 0.5) is 0 Å². The molecule has 5 unspecified atom stereocenters. The van der Waals surface area contributed by atoms with Crippen LogP contribution in [0.25, 0.3) is 0 Å². The van der Waals surface area contributed by atoms with Crippen molar-refractivity contribution in [3.63, 3.8) is 0 Å². The summed E-state index contributed by atoms with van der Waals surface area (Å²) in [5, 5.41) is 3.53. The number of nitrogens with one attached hydrogen (secondary N) is 2. The first-order valence-electron chi connectivity index (χ1n) is 10.6. The molecule has 0 aromatic heterocycles. The first kappa shape index (κ1) is 23.9. The van der Waals surface area contributed by atoms with E-state index in [-0.39, 0.29) is 0 Å². The molecule has 29 heavy (non-hydrogen) atoms. The van der Waals surface area contributed by atoms with Crippen molar-refractivity contribution in [3.05, 3.63) is 29.8 Å². The molecule has 2 aliphatic carbocycles. The second kappa shape index (κ2) is 10.6. The van der Waals surface area contributed by atoms with Gasteiger partial charge in [0.15, 0.2) is 0 Å². The summed E-state index contributed by atoms with van der Waals surface area (Å²) in [6, 6.07) is 7.79.